The molecule has 1 aromatic rings. The molecule has 0 aliphatic carbocycles. The molecule has 1 atom stereocenters. The van der Waals surface area contributed by atoms with Gasteiger partial charge in [-0.15, -0.1) is 0 Å². The molecule has 1 aliphatic rings. The lowest BCUT2D eigenvalue weighted by atomic mass is 10.1. The quantitative estimate of drug-likeness (QED) is 0.679. The smallest absolute Gasteiger partial charge is 0.250 e. The predicted octanol–water partition coefficient (Wildman–Crippen LogP) is 1.60. The van der Waals surface area contributed by atoms with E-state index in [1.165, 1.54) is 5.06 Å². The summed E-state index contributed by atoms with van der Waals surface area (Å²) in [7, 11) is 0. The molecular formula is C11H13NO2. The van der Waals surface area contributed by atoms with Crippen LogP contribution in [0.5, 0.6) is 0 Å². The highest BCUT2D eigenvalue weighted by Gasteiger charge is 2.33. The van der Waals surface area contributed by atoms with E-state index in [1.807, 2.05) is 37.3 Å². The van der Waals surface area contributed by atoms with Crippen LogP contribution < -0.4 is 0 Å². The van der Waals surface area contributed by atoms with Gasteiger partial charge in [-0.05, 0) is 5.56 Å². The number of rotatable bonds is 3. The van der Waals surface area contributed by atoms with Crippen molar-refractivity contribution in [2.45, 2.75) is 13.5 Å². The number of amides is 1. The first-order valence-corrected chi connectivity index (χ1v) is 4.75. The lowest BCUT2D eigenvalue weighted by Crippen LogP contribution is -2.50. The molecule has 1 amide bonds. The number of benzene rings is 1. The Labute approximate surface area is 83.2 Å². The van der Waals surface area contributed by atoms with Gasteiger partial charge in [-0.1, -0.05) is 37.3 Å². The molecule has 0 bridgehead atoms. The van der Waals surface area contributed by atoms with Crippen molar-refractivity contribution in [1.82, 2.24) is 5.06 Å². The van der Waals surface area contributed by atoms with E-state index < -0.39 is 0 Å². The van der Waals surface area contributed by atoms with Crippen molar-refractivity contribution in [2.24, 2.45) is 5.92 Å². The normalized spacial score (nSPS) is 20.8. The van der Waals surface area contributed by atoms with Crippen LogP contribution in [0.3, 0.4) is 0 Å². The van der Waals surface area contributed by atoms with Gasteiger partial charge in [0.25, 0.3) is 5.91 Å². The maximum absolute atomic E-state index is 11.2. The highest BCUT2D eigenvalue weighted by molar-refractivity contribution is 5.82. The zero-order valence-electron chi connectivity index (χ0n) is 8.14. The molecule has 0 unspecified atom stereocenters. The highest BCUT2D eigenvalue weighted by Crippen LogP contribution is 2.17. The van der Waals surface area contributed by atoms with Gasteiger partial charge >= 0.3 is 0 Å². The number of hydroxylamine groups is 2. The Bertz CT molecular complexity index is 323. The Kier molecular flexibility index (Phi) is 2.50. The molecular weight excluding hydrogens is 178 g/mol. The molecule has 3 nitrogen and oxygen atoms in total. The van der Waals surface area contributed by atoms with Crippen LogP contribution >= 0.6 is 0 Å². The summed E-state index contributed by atoms with van der Waals surface area (Å²) >= 11 is 0. The van der Waals surface area contributed by atoms with Crippen LogP contribution in [0.15, 0.2) is 30.3 Å². The molecule has 2 rings (SSSR count). The molecule has 1 aliphatic heterocycles. The molecule has 1 heterocycles. The van der Waals surface area contributed by atoms with Gasteiger partial charge in [0.2, 0.25) is 0 Å². The number of hydrogen-bond donors (Lipinski definition) is 0. The Hall–Kier alpha value is -1.35. The summed E-state index contributed by atoms with van der Waals surface area (Å²) in [4.78, 5) is 16.5. The second-order valence-corrected chi connectivity index (χ2v) is 3.56. The predicted molar refractivity (Wildman–Crippen MR) is 52.1 cm³/mol. The van der Waals surface area contributed by atoms with E-state index in [4.69, 9.17) is 4.84 Å². The summed E-state index contributed by atoms with van der Waals surface area (Å²) < 4.78 is 0. The van der Waals surface area contributed by atoms with Crippen molar-refractivity contribution in [2.75, 3.05) is 6.54 Å². The average Bonchev–Trinajstić information content (AvgIpc) is 2.25. The number of β-lactam (4-membered cyclic amide) rings is 1. The van der Waals surface area contributed by atoms with Crippen LogP contribution in [-0.2, 0) is 16.2 Å². The lowest BCUT2D eigenvalue weighted by molar-refractivity contribution is -0.224. The molecule has 1 fully saturated rings. The van der Waals surface area contributed by atoms with E-state index in [0.717, 1.165) is 5.56 Å². The van der Waals surface area contributed by atoms with Crippen molar-refractivity contribution >= 4 is 5.91 Å². The van der Waals surface area contributed by atoms with E-state index in [2.05, 4.69) is 0 Å². The van der Waals surface area contributed by atoms with Gasteiger partial charge in [0, 0.05) is 0 Å². The fourth-order valence-corrected chi connectivity index (χ4v) is 1.39. The second-order valence-electron chi connectivity index (χ2n) is 3.56. The summed E-state index contributed by atoms with van der Waals surface area (Å²) in [6.45, 7) is 3.09. The van der Waals surface area contributed by atoms with E-state index in [0.29, 0.717) is 13.2 Å². The third kappa shape index (κ3) is 1.77. The third-order valence-corrected chi connectivity index (χ3v) is 2.34. The van der Waals surface area contributed by atoms with E-state index in [1.54, 1.807) is 0 Å². The van der Waals surface area contributed by atoms with E-state index in [9.17, 15) is 4.79 Å². The van der Waals surface area contributed by atoms with Crippen LogP contribution in [-0.4, -0.2) is 17.5 Å². The molecule has 0 spiro atoms. The third-order valence-electron chi connectivity index (χ3n) is 2.34. The molecule has 1 aromatic carbocycles. The zero-order chi connectivity index (χ0) is 9.97. The van der Waals surface area contributed by atoms with Gasteiger partial charge in [0.15, 0.2) is 0 Å². The zero-order valence-corrected chi connectivity index (χ0v) is 8.14. The second kappa shape index (κ2) is 3.80. The van der Waals surface area contributed by atoms with Gasteiger partial charge in [0.05, 0.1) is 12.5 Å². The first-order chi connectivity index (χ1) is 6.77. The van der Waals surface area contributed by atoms with Crippen LogP contribution in [0.4, 0.5) is 0 Å². The minimum atomic E-state index is 0.0842. The van der Waals surface area contributed by atoms with Crippen molar-refractivity contribution in [3.8, 4) is 0 Å². The van der Waals surface area contributed by atoms with Crippen LogP contribution in [0, 0.1) is 5.92 Å². The maximum atomic E-state index is 11.2. The van der Waals surface area contributed by atoms with Crippen molar-refractivity contribution in [1.29, 1.82) is 0 Å². The molecule has 14 heavy (non-hydrogen) atoms. The molecule has 1 saturated heterocycles. The molecule has 0 saturated carbocycles. The highest BCUT2D eigenvalue weighted by atomic mass is 16.7. The SMILES string of the molecule is C[C@H]1CN(OCc2ccccc2)C1=O. The Morgan fingerprint density at radius 3 is 2.71 bits per heavy atom. The lowest BCUT2D eigenvalue weighted by Gasteiger charge is -2.34. The monoisotopic (exact) mass is 191 g/mol. The number of hydrogen-bond acceptors (Lipinski definition) is 2. The summed E-state index contributed by atoms with van der Waals surface area (Å²) in [6, 6.07) is 9.83. The fraction of sp³-hybridized carbons (Fsp3) is 0.364. The van der Waals surface area contributed by atoms with Gasteiger partial charge < -0.3 is 0 Å². The summed E-state index contributed by atoms with van der Waals surface area (Å²) in [5.74, 6) is 0.215. The van der Waals surface area contributed by atoms with Crippen LogP contribution in [0.2, 0.25) is 0 Å². The van der Waals surface area contributed by atoms with Gasteiger partial charge in [-0.3, -0.25) is 9.63 Å². The number of carbonyl (C=O) groups excluding carboxylic acids is 1. The topological polar surface area (TPSA) is 29.5 Å². The van der Waals surface area contributed by atoms with E-state index >= 15 is 0 Å². The van der Waals surface area contributed by atoms with Gasteiger partial charge in [0.1, 0.15) is 6.61 Å². The van der Waals surface area contributed by atoms with E-state index in [-0.39, 0.29) is 11.8 Å². The average molecular weight is 191 g/mol. The standard InChI is InChI=1S/C11H13NO2/c1-9-7-12(11(9)13)14-8-10-5-3-2-4-6-10/h2-6,9H,7-8H2,1H3/t9-/m0/s1. The largest absolute Gasteiger partial charge is 0.272 e. The molecule has 74 valence electrons. The Morgan fingerprint density at radius 1 is 1.43 bits per heavy atom. The van der Waals surface area contributed by atoms with Gasteiger partial charge in [-0.25, -0.2) is 5.06 Å². The minimum absolute atomic E-state index is 0.0842. The van der Waals surface area contributed by atoms with Crippen LogP contribution in [0.1, 0.15) is 12.5 Å². The number of nitrogens with zero attached hydrogens (tertiary/aromatic N) is 1. The van der Waals surface area contributed by atoms with Crippen molar-refractivity contribution < 1.29 is 9.63 Å². The summed E-state index contributed by atoms with van der Waals surface area (Å²) in [5.41, 5.74) is 1.08. The summed E-state index contributed by atoms with van der Waals surface area (Å²) in [5, 5.41) is 1.43. The van der Waals surface area contributed by atoms with Crippen LogP contribution in [0.25, 0.3) is 0 Å². The number of carbonyl (C=O) groups is 1. The first-order valence-electron chi connectivity index (χ1n) is 4.75. The fourth-order valence-electron chi connectivity index (χ4n) is 1.39. The minimum Gasteiger partial charge on any atom is -0.272 e. The molecule has 0 aromatic heterocycles. The Morgan fingerprint density at radius 2 is 2.14 bits per heavy atom. The molecule has 3 heteroatoms. The molecule has 0 radical (unpaired) electrons. The van der Waals surface area contributed by atoms with Crippen molar-refractivity contribution in [3.63, 3.8) is 0 Å². The maximum Gasteiger partial charge on any atom is 0.250 e. The first kappa shape index (κ1) is 9.21. The summed E-state index contributed by atoms with van der Waals surface area (Å²) in [6.07, 6.45) is 0. The molecule has 0 N–H and O–H groups in total. The Balaban J connectivity index is 1.82. The van der Waals surface area contributed by atoms with Gasteiger partial charge in [-0.2, -0.15) is 0 Å². The van der Waals surface area contributed by atoms with Crippen molar-refractivity contribution in [3.05, 3.63) is 35.9 Å².